The van der Waals surface area contributed by atoms with Crippen molar-refractivity contribution < 1.29 is 19.2 Å². The van der Waals surface area contributed by atoms with E-state index < -0.39 is 10.8 Å². The number of nitro benzene ring substituents is 1. The molecular weight excluding hydrogens is 350 g/mol. The molecule has 0 radical (unpaired) electrons. The molecule has 0 saturated heterocycles. The van der Waals surface area contributed by atoms with Crippen LogP contribution < -0.4 is 15.4 Å². The van der Waals surface area contributed by atoms with Gasteiger partial charge in [0.05, 0.1) is 17.6 Å². The molecule has 2 aromatic carbocycles. The van der Waals surface area contributed by atoms with Crippen LogP contribution in [0.4, 0.5) is 11.4 Å². The van der Waals surface area contributed by atoms with Crippen molar-refractivity contribution in [1.29, 1.82) is 0 Å². The standard InChI is InChI=1S/C19H21N3O5/c1-19(2,3)21-17(23)12-5-7-13(8-6-12)20-18(24)15-11-14(22(25)26)9-10-16(15)27-4/h5-11H,1-4H3,(H,20,24)(H,21,23). The first kappa shape index (κ1) is 19.9. The van der Waals surface area contributed by atoms with E-state index in [1.54, 1.807) is 24.3 Å². The number of nitrogens with one attached hydrogen (secondary N) is 2. The van der Waals surface area contributed by atoms with Gasteiger partial charge in [-0.2, -0.15) is 0 Å². The summed E-state index contributed by atoms with van der Waals surface area (Å²) in [5, 5.41) is 16.4. The molecule has 27 heavy (non-hydrogen) atoms. The summed E-state index contributed by atoms with van der Waals surface area (Å²) in [5.74, 6) is -0.553. The van der Waals surface area contributed by atoms with Gasteiger partial charge >= 0.3 is 0 Å². The van der Waals surface area contributed by atoms with Gasteiger partial charge in [-0.05, 0) is 51.1 Å². The van der Waals surface area contributed by atoms with Crippen LogP contribution in [0.15, 0.2) is 42.5 Å². The van der Waals surface area contributed by atoms with Crippen molar-refractivity contribution >= 4 is 23.2 Å². The number of rotatable bonds is 5. The minimum atomic E-state index is -0.584. The van der Waals surface area contributed by atoms with E-state index in [0.717, 1.165) is 6.07 Å². The quantitative estimate of drug-likeness (QED) is 0.618. The Balaban J connectivity index is 2.18. The van der Waals surface area contributed by atoms with Gasteiger partial charge in [-0.3, -0.25) is 19.7 Å². The van der Waals surface area contributed by atoms with Crippen molar-refractivity contribution in [2.75, 3.05) is 12.4 Å². The van der Waals surface area contributed by atoms with E-state index >= 15 is 0 Å². The lowest BCUT2D eigenvalue weighted by Crippen LogP contribution is -2.40. The van der Waals surface area contributed by atoms with Crippen LogP contribution in [0.5, 0.6) is 5.75 Å². The Morgan fingerprint density at radius 1 is 1.04 bits per heavy atom. The SMILES string of the molecule is COc1ccc([N+](=O)[O-])cc1C(=O)Nc1ccc(C(=O)NC(C)(C)C)cc1. The summed E-state index contributed by atoms with van der Waals surface area (Å²) < 4.78 is 5.10. The van der Waals surface area contributed by atoms with E-state index in [0.29, 0.717) is 11.3 Å². The molecule has 0 aliphatic carbocycles. The zero-order chi connectivity index (χ0) is 20.2. The number of methoxy groups -OCH3 is 1. The summed E-state index contributed by atoms with van der Waals surface area (Å²) in [6.07, 6.45) is 0. The Morgan fingerprint density at radius 3 is 2.19 bits per heavy atom. The third-order valence-electron chi connectivity index (χ3n) is 3.53. The molecule has 8 nitrogen and oxygen atoms in total. The number of carbonyl (C=O) groups is 2. The number of hydrogen-bond donors (Lipinski definition) is 2. The maximum absolute atomic E-state index is 12.5. The van der Waals surface area contributed by atoms with Crippen molar-refractivity contribution in [3.05, 3.63) is 63.7 Å². The van der Waals surface area contributed by atoms with Crippen LogP contribution in [0.25, 0.3) is 0 Å². The number of benzene rings is 2. The maximum atomic E-state index is 12.5. The Hall–Kier alpha value is -3.42. The highest BCUT2D eigenvalue weighted by Crippen LogP contribution is 2.25. The van der Waals surface area contributed by atoms with Crippen LogP contribution in [0, 0.1) is 10.1 Å². The van der Waals surface area contributed by atoms with E-state index in [1.807, 2.05) is 20.8 Å². The van der Waals surface area contributed by atoms with Gasteiger partial charge in [0, 0.05) is 28.9 Å². The summed E-state index contributed by atoms with van der Waals surface area (Å²) in [6.45, 7) is 5.64. The molecule has 0 aliphatic rings. The van der Waals surface area contributed by atoms with Gasteiger partial charge in [-0.1, -0.05) is 0 Å². The molecule has 0 aliphatic heterocycles. The second kappa shape index (κ2) is 7.86. The second-order valence-corrected chi connectivity index (χ2v) is 6.88. The zero-order valence-electron chi connectivity index (χ0n) is 15.5. The average molecular weight is 371 g/mol. The second-order valence-electron chi connectivity index (χ2n) is 6.88. The fourth-order valence-corrected chi connectivity index (χ4v) is 2.30. The first-order chi connectivity index (χ1) is 12.6. The Labute approximate surface area is 156 Å². The number of non-ortho nitro benzene ring substituents is 1. The lowest BCUT2D eigenvalue weighted by Gasteiger charge is -2.20. The Kier molecular flexibility index (Phi) is 5.79. The summed E-state index contributed by atoms with van der Waals surface area (Å²) in [6, 6.07) is 10.1. The number of anilines is 1. The van der Waals surface area contributed by atoms with Crippen LogP contribution in [-0.2, 0) is 0 Å². The molecule has 0 fully saturated rings. The third-order valence-corrected chi connectivity index (χ3v) is 3.53. The largest absolute Gasteiger partial charge is 0.496 e. The zero-order valence-corrected chi connectivity index (χ0v) is 15.5. The summed E-state index contributed by atoms with van der Waals surface area (Å²) in [4.78, 5) is 34.9. The highest BCUT2D eigenvalue weighted by molar-refractivity contribution is 6.06. The van der Waals surface area contributed by atoms with Crippen LogP contribution in [0.1, 0.15) is 41.5 Å². The average Bonchev–Trinajstić information content (AvgIpc) is 2.60. The van der Waals surface area contributed by atoms with Crippen molar-refractivity contribution in [2.24, 2.45) is 0 Å². The van der Waals surface area contributed by atoms with Crippen molar-refractivity contribution in [1.82, 2.24) is 5.32 Å². The number of hydrogen-bond acceptors (Lipinski definition) is 5. The highest BCUT2D eigenvalue weighted by Gasteiger charge is 2.18. The molecule has 8 heteroatoms. The first-order valence-corrected chi connectivity index (χ1v) is 8.17. The predicted molar refractivity (Wildman–Crippen MR) is 101 cm³/mol. The van der Waals surface area contributed by atoms with Crippen molar-refractivity contribution in [2.45, 2.75) is 26.3 Å². The summed E-state index contributed by atoms with van der Waals surface area (Å²) in [5.41, 5.74) is 0.371. The van der Waals surface area contributed by atoms with Gasteiger partial charge in [0.15, 0.2) is 0 Å². The van der Waals surface area contributed by atoms with Gasteiger partial charge in [0.1, 0.15) is 5.75 Å². The molecule has 0 bridgehead atoms. The molecule has 0 unspecified atom stereocenters. The highest BCUT2D eigenvalue weighted by atomic mass is 16.6. The molecule has 2 aromatic rings. The molecule has 142 valence electrons. The van der Waals surface area contributed by atoms with E-state index in [-0.39, 0.29) is 28.4 Å². The number of carbonyl (C=O) groups excluding carboxylic acids is 2. The molecule has 0 heterocycles. The van der Waals surface area contributed by atoms with Crippen molar-refractivity contribution in [3.63, 3.8) is 0 Å². The maximum Gasteiger partial charge on any atom is 0.270 e. The monoisotopic (exact) mass is 371 g/mol. The molecule has 0 spiro atoms. The number of ether oxygens (including phenoxy) is 1. The van der Waals surface area contributed by atoms with Crippen molar-refractivity contribution in [3.8, 4) is 5.75 Å². The Bertz CT molecular complexity index is 870. The molecule has 2 rings (SSSR count). The number of amides is 2. The van der Waals surface area contributed by atoms with Gasteiger partial charge in [0.25, 0.3) is 17.5 Å². The smallest absolute Gasteiger partial charge is 0.270 e. The molecular formula is C19H21N3O5. The first-order valence-electron chi connectivity index (χ1n) is 8.17. The minimum Gasteiger partial charge on any atom is -0.496 e. The van der Waals surface area contributed by atoms with E-state index in [2.05, 4.69) is 10.6 Å². The summed E-state index contributed by atoms with van der Waals surface area (Å²) >= 11 is 0. The van der Waals surface area contributed by atoms with E-state index in [4.69, 9.17) is 4.74 Å². The van der Waals surface area contributed by atoms with Gasteiger partial charge in [0.2, 0.25) is 0 Å². The third kappa shape index (κ3) is 5.27. The minimum absolute atomic E-state index is 0.0428. The fourth-order valence-electron chi connectivity index (χ4n) is 2.30. The molecule has 2 N–H and O–H groups in total. The van der Waals surface area contributed by atoms with Crippen LogP contribution >= 0.6 is 0 Å². The normalized spacial score (nSPS) is 10.8. The van der Waals surface area contributed by atoms with Crippen LogP contribution in [0.2, 0.25) is 0 Å². The molecule has 2 amide bonds. The van der Waals surface area contributed by atoms with E-state index in [9.17, 15) is 19.7 Å². The fraction of sp³-hybridized carbons (Fsp3) is 0.263. The molecule has 0 saturated carbocycles. The van der Waals surface area contributed by atoms with E-state index in [1.165, 1.54) is 19.2 Å². The number of nitro groups is 1. The van der Waals surface area contributed by atoms with Gasteiger partial charge < -0.3 is 15.4 Å². The van der Waals surface area contributed by atoms with Gasteiger partial charge in [-0.25, -0.2) is 0 Å². The summed E-state index contributed by atoms with van der Waals surface area (Å²) in [7, 11) is 1.38. The molecule has 0 atom stereocenters. The van der Waals surface area contributed by atoms with Crippen LogP contribution in [-0.4, -0.2) is 29.4 Å². The molecule has 0 aromatic heterocycles. The van der Waals surface area contributed by atoms with Gasteiger partial charge in [-0.15, -0.1) is 0 Å². The number of nitrogens with zero attached hydrogens (tertiary/aromatic N) is 1. The lowest BCUT2D eigenvalue weighted by molar-refractivity contribution is -0.384. The lowest BCUT2D eigenvalue weighted by atomic mass is 10.1. The predicted octanol–water partition coefficient (Wildman–Crippen LogP) is 3.38. The topological polar surface area (TPSA) is 111 Å². The van der Waals surface area contributed by atoms with Crippen LogP contribution in [0.3, 0.4) is 0 Å². The Morgan fingerprint density at radius 2 is 1.67 bits per heavy atom.